The minimum Gasteiger partial charge on any atom is -0.352 e. The summed E-state index contributed by atoms with van der Waals surface area (Å²) in [5.74, 6) is -0.353. The Hall–Kier alpha value is -2.52. The van der Waals surface area contributed by atoms with Gasteiger partial charge >= 0.3 is 0 Å². The molecule has 2 rings (SSSR count). The number of aryl methyl sites for hydroxylation is 2. The molecule has 0 radical (unpaired) electrons. The van der Waals surface area contributed by atoms with Crippen molar-refractivity contribution in [3.8, 4) is 0 Å². The predicted octanol–water partition coefficient (Wildman–Crippen LogP) is 0.372. The van der Waals surface area contributed by atoms with Gasteiger partial charge in [-0.1, -0.05) is 0 Å². The fraction of sp³-hybridized carbons (Fsp3) is 0.312. The third-order valence-corrected chi connectivity index (χ3v) is 4.99. The SMILES string of the molecule is Cc1cc(C)c(CNC(=O)CCNS(=O)(=O)c2cccnc2)c(=O)[nH]1. The Labute approximate surface area is 145 Å². The van der Waals surface area contributed by atoms with Gasteiger partial charge in [-0.3, -0.25) is 14.6 Å². The minimum absolute atomic E-state index is 0.0391. The van der Waals surface area contributed by atoms with Crippen LogP contribution < -0.4 is 15.6 Å². The smallest absolute Gasteiger partial charge is 0.253 e. The molecular weight excluding hydrogens is 344 g/mol. The molecule has 3 N–H and O–H groups in total. The maximum absolute atomic E-state index is 12.0. The zero-order chi connectivity index (χ0) is 18.4. The minimum atomic E-state index is -3.69. The molecule has 8 nitrogen and oxygen atoms in total. The lowest BCUT2D eigenvalue weighted by Crippen LogP contribution is -2.32. The van der Waals surface area contributed by atoms with Crippen LogP contribution in [0.5, 0.6) is 0 Å². The van der Waals surface area contributed by atoms with Crippen molar-refractivity contribution in [2.45, 2.75) is 31.7 Å². The lowest BCUT2D eigenvalue weighted by molar-refractivity contribution is -0.121. The third kappa shape index (κ3) is 5.23. The second-order valence-corrected chi connectivity index (χ2v) is 7.32. The molecule has 0 aliphatic rings. The topological polar surface area (TPSA) is 121 Å². The van der Waals surface area contributed by atoms with Gasteiger partial charge in [0.25, 0.3) is 5.56 Å². The first-order valence-corrected chi connectivity index (χ1v) is 9.13. The Morgan fingerprint density at radius 3 is 2.72 bits per heavy atom. The van der Waals surface area contributed by atoms with E-state index in [-0.39, 0.29) is 35.9 Å². The molecule has 9 heteroatoms. The van der Waals surface area contributed by atoms with Crippen LogP contribution >= 0.6 is 0 Å². The lowest BCUT2D eigenvalue weighted by atomic mass is 10.1. The summed E-state index contributed by atoms with van der Waals surface area (Å²) in [4.78, 5) is 30.2. The summed E-state index contributed by atoms with van der Waals surface area (Å²) >= 11 is 0. The zero-order valence-electron chi connectivity index (χ0n) is 14.0. The highest BCUT2D eigenvalue weighted by Gasteiger charge is 2.14. The summed E-state index contributed by atoms with van der Waals surface area (Å²) in [6, 6.07) is 4.76. The quantitative estimate of drug-likeness (QED) is 0.655. The lowest BCUT2D eigenvalue weighted by Gasteiger charge is -2.09. The maximum Gasteiger partial charge on any atom is 0.253 e. The van der Waals surface area contributed by atoms with Crippen molar-refractivity contribution in [1.29, 1.82) is 0 Å². The molecule has 2 aromatic heterocycles. The van der Waals surface area contributed by atoms with Gasteiger partial charge in [0.05, 0.1) is 0 Å². The molecule has 134 valence electrons. The Bertz CT molecular complexity index is 907. The molecule has 0 aliphatic carbocycles. The number of hydrogen-bond acceptors (Lipinski definition) is 5. The number of amides is 1. The number of sulfonamides is 1. The van der Waals surface area contributed by atoms with E-state index in [9.17, 15) is 18.0 Å². The summed E-state index contributed by atoms with van der Waals surface area (Å²) in [6.07, 6.45) is 2.67. The second-order valence-electron chi connectivity index (χ2n) is 5.56. The van der Waals surface area contributed by atoms with Crippen LogP contribution in [-0.4, -0.2) is 30.8 Å². The van der Waals surface area contributed by atoms with Crippen LogP contribution in [0.25, 0.3) is 0 Å². The molecule has 2 heterocycles. The van der Waals surface area contributed by atoms with Crippen LogP contribution in [0, 0.1) is 13.8 Å². The van der Waals surface area contributed by atoms with Gasteiger partial charge in [-0.25, -0.2) is 13.1 Å². The van der Waals surface area contributed by atoms with Crippen LogP contribution in [0.1, 0.15) is 23.2 Å². The number of pyridine rings is 2. The fourth-order valence-corrected chi connectivity index (χ4v) is 3.26. The van der Waals surface area contributed by atoms with Crippen LogP contribution in [-0.2, 0) is 21.4 Å². The molecule has 0 spiro atoms. The summed E-state index contributed by atoms with van der Waals surface area (Å²) in [5, 5.41) is 2.62. The molecule has 0 aliphatic heterocycles. The van der Waals surface area contributed by atoms with E-state index >= 15 is 0 Å². The summed E-state index contributed by atoms with van der Waals surface area (Å²) in [5.41, 5.74) is 1.78. The van der Waals surface area contributed by atoms with E-state index in [1.165, 1.54) is 24.5 Å². The van der Waals surface area contributed by atoms with E-state index in [1.54, 1.807) is 13.8 Å². The number of nitrogens with one attached hydrogen (secondary N) is 3. The number of carbonyl (C=O) groups is 1. The monoisotopic (exact) mass is 364 g/mol. The first-order chi connectivity index (χ1) is 11.8. The Kier molecular flexibility index (Phi) is 6.05. The van der Waals surface area contributed by atoms with Crippen LogP contribution in [0.15, 0.2) is 40.3 Å². The van der Waals surface area contributed by atoms with Gasteiger partial charge in [-0.2, -0.15) is 0 Å². The number of nitrogens with zero attached hydrogens (tertiary/aromatic N) is 1. The first-order valence-electron chi connectivity index (χ1n) is 7.65. The Morgan fingerprint density at radius 1 is 1.32 bits per heavy atom. The Balaban J connectivity index is 1.85. The van der Waals surface area contributed by atoms with E-state index in [0.29, 0.717) is 5.56 Å². The van der Waals surface area contributed by atoms with E-state index in [4.69, 9.17) is 0 Å². The van der Waals surface area contributed by atoms with Crippen molar-refractivity contribution < 1.29 is 13.2 Å². The number of hydrogen-bond donors (Lipinski definition) is 3. The van der Waals surface area contributed by atoms with Crippen molar-refractivity contribution in [2.75, 3.05) is 6.54 Å². The normalized spacial score (nSPS) is 11.3. The van der Waals surface area contributed by atoms with Crippen LogP contribution in [0.4, 0.5) is 0 Å². The van der Waals surface area contributed by atoms with Crippen molar-refractivity contribution in [3.63, 3.8) is 0 Å². The maximum atomic E-state index is 12.0. The molecule has 0 saturated heterocycles. The summed E-state index contributed by atoms with van der Waals surface area (Å²) in [6.45, 7) is 3.62. The van der Waals surface area contributed by atoms with Gasteiger partial charge in [-0.05, 0) is 37.6 Å². The summed E-state index contributed by atoms with van der Waals surface area (Å²) < 4.78 is 26.3. The molecule has 0 aromatic carbocycles. The third-order valence-electron chi connectivity index (χ3n) is 3.54. The average Bonchev–Trinajstić information content (AvgIpc) is 2.54. The van der Waals surface area contributed by atoms with Crippen molar-refractivity contribution >= 4 is 15.9 Å². The summed E-state index contributed by atoms with van der Waals surface area (Å²) in [7, 11) is -3.69. The number of carbonyl (C=O) groups excluding carboxylic acids is 1. The van der Waals surface area contributed by atoms with Gasteiger partial charge in [-0.15, -0.1) is 0 Å². The van der Waals surface area contributed by atoms with Crippen molar-refractivity contribution in [1.82, 2.24) is 20.0 Å². The van der Waals surface area contributed by atoms with E-state index in [1.807, 2.05) is 6.07 Å². The molecule has 0 atom stereocenters. The van der Waals surface area contributed by atoms with Gasteiger partial charge in [0.2, 0.25) is 15.9 Å². The van der Waals surface area contributed by atoms with Gasteiger partial charge < -0.3 is 10.3 Å². The first kappa shape index (κ1) is 18.8. The van der Waals surface area contributed by atoms with Gasteiger partial charge in [0.1, 0.15) is 4.90 Å². The van der Waals surface area contributed by atoms with Gasteiger partial charge in [0.15, 0.2) is 0 Å². The molecule has 0 unspecified atom stereocenters. The molecule has 0 bridgehead atoms. The standard InChI is InChI=1S/C16H20N4O4S/c1-11-8-12(2)20-16(22)14(11)10-18-15(21)5-7-19-25(23,24)13-4-3-6-17-9-13/h3-4,6,8-9,19H,5,7,10H2,1-2H3,(H,18,21)(H,20,22). The Morgan fingerprint density at radius 2 is 2.08 bits per heavy atom. The van der Waals surface area contributed by atoms with Crippen molar-refractivity contribution in [3.05, 3.63) is 57.8 Å². The van der Waals surface area contributed by atoms with Gasteiger partial charge in [0, 0.05) is 43.2 Å². The molecule has 25 heavy (non-hydrogen) atoms. The molecule has 0 saturated carbocycles. The number of aromatic amines is 1. The van der Waals surface area contributed by atoms with E-state index < -0.39 is 10.0 Å². The van der Waals surface area contributed by atoms with E-state index in [2.05, 4.69) is 20.0 Å². The molecule has 2 aromatic rings. The van der Waals surface area contributed by atoms with Crippen LogP contribution in [0.3, 0.4) is 0 Å². The highest BCUT2D eigenvalue weighted by molar-refractivity contribution is 7.89. The molecular formula is C16H20N4O4S. The van der Waals surface area contributed by atoms with Crippen molar-refractivity contribution in [2.24, 2.45) is 0 Å². The number of aromatic nitrogens is 2. The number of H-pyrrole nitrogens is 1. The molecule has 1 amide bonds. The highest BCUT2D eigenvalue weighted by atomic mass is 32.2. The van der Waals surface area contributed by atoms with E-state index in [0.717, 1.165) is 11.3 Å². The largest absolute Gasteiger partial charge is 0.352 e. The fourth-order valence-electron chi connectivity index (χ4n) is 2.26. The second kappa shape index (κ2) is 8.04. The zero-order valence-corrected chi connectivity index (χ0v) is 14.8. The number of rotatable bonds is 7. The highest BCUT2D eigenvalue weighted by Crippen LogP contribution is 2.05. The average molecular weight is 364 g/mol. The van der Waals surface area contributed by atoms with Crippen LogP contribution in [0.2, 0.25) is 0 Å². The predicted molar refractivity (Wildman–Crippen MR) is 92.4 cm³/mol. The molecule has 0 fully saturated rings.